The van der Waals surface area contributed by atoms with Crippen LogP contribution >= 0.6 is 0 Å². The topological polar surface area (TPSA) is 82.2 Å². The number of Topliss-reactive ketones (excluding diaryl/α,β-unsaturated/α-hetero) is 1. The van der Waals surface area contributed by atoms with Gasteiger partial charge in [0, 0.05) is 28.0 Å². The normalized spacial score (nSPS) is 11.0. The Hall–Kier alpha value is -4.39. The molecule has 164 valence electrons. The molecule has 0 aliphatic carbocycles. The van der Waals surface area contributed by atoms with Gasteiger partial charge in [-0.3, -0.25) is 4.79 Å². The SMILES string of the molecule is CC(=O)c1c(C)n(-c2ccccc2)c2ccc(OCc3nnc(Nc4ccccc4)o3)cc12. The highest BCUT2D eigenvalue weighted by molar-refractivity contribution is 6.09. The average Bonchev–Trinajstić information content (AvgIpc) is 3.39. The third-order valence-corrected chi connectivity index (χ3v) is 5.40. The lowest BCUT2D eigenvalue weighted by Gasteiger charge is -2.09. The summed E-state index contributed by atoms with van der Waals surface area (Å²) in [4.78, 5) is 12.5. The zero-order valence-electron chi connectivity index (χ0n) is 18.3. The number of nitrogens with zero attached hydrogens (tertiary/aromatic N) is 3. The molecule has 0 amide bonds. The van der Waals surface area contributed by atoms with Crippen molar-refractivity contribution in [3.05, 3.63) is 96.0 Å². The minimum atomic E-state index is 0.0119. The number of fused-ring (bicyclic) bond motifs is 1. The number of nitrogens with one attached hydrogen (secondary N) is 1. The van der Waals surface area contributed by atoms with Crippen molar-refractivity contribution >= 4 is 28.4 Å². The number of aromatic nitrogens is 3. The average molecular weight is 438 g/mol. The van der Waals surface area contributed by atoms with E-state index in [-0.39, 0.29) is 12.4 Å². The molecule has 0 spiro atoms. The van der Waals surface area contributed by atoms with Crippen molar-refractivity contribution in [1.29, 1.82) is 0 Å². The van der Waals surface area contributed by atoms with Crippen LogP contribution < -0.4 is 10.1 Å². The van der Waals surface area contributed by atoms with Crippen molar-refractivity contribution in [2.75, 3.05) is 5.32 Å². The van der Waals surface area contributed by atoms with E-state index < -0.39 is 0 Å². The number of ketones is 1. The first-order valence-electron chi connectivity index (χ1n) is 10.6. The van der Waals surface area contributed by atoms with Gasteiger partial charge in [-0.2, -0.15) is 0 Å². The number of carbonyl (C=O) groups is 1. The molecule has 0 radical (unpaired) electrons. The Labute approximate surface area is 190 Å². The number of hydrogen-bond donors (Lipinski definition) is 1. The summed E-state index contributed by atoms with van der Waals surface area (Å²) in [5, 5.41) is 11.9. The van der Waals surface area contributed by atoms with Gasteiger partial charge in [-0.15, -0.1) is 5.10 Å². The summed E-state index contributed by atoms with van der Waals surface area (Å²) in [6.45, 7) is 3.66. The van der Waals surface area contributed by atoms with Gasteiger partial charge in [0.1, 0.15) is 5.75 Å². The standard InChI is InChI=1S/C26H22N4O3/c1-17-25(18(2)31)22-15-21(13-14-23(22)30(17)20-11-7-4-8-12-20)32-16-24-28-29-26(33-24)27-19-9-5-3-6-10-19/h3-15H,16H2,1-2H3,(H,27,29). The summed E-state index contributed by atoms with van der Waals surface area (Å²) >= 11 is 0. The largest absolute Gasteiger partial charge is 0.484 e. The second-order valence-electron chi connectivity index (χ2n) is 7.65. The molecule has 0 bridgehead atoms. The van der Waals surface area contributed by atoms with Gasteiger partial charge in [0.05, 0.1) is 5.52 Å². The first-order valence-corrected chi connectivity index (χ1v) is 10.6. The lowest BCUT2D eigenvalue weighted by Crippen LogP contribution is -1.99. The Bertz CT molecular complexity index is 1420. The summed E-state index contributed by atoms with van der Waals surface area (Å²) in [6.07, 6.45) is 0. The molecule has 0 saturated carbocycles. The number of hydrogen-bond acceptors (Lipinski definition) is 6. The van der Waals surface area contributed by atoms with Crippen LogP contribution in [0.25, 0.3) is 16.6 Å². The Morgan fingerprint density at radius 1 is 1.00 bits per heavy atom. The zero-order valence-corrected chi connectivity index (χ0v) is 18.3. The molecule has 33 heavy (non-hydrogen) atoms. The molecule has 7 nitrogen and oxygen atoms in total. The van der Waals surface area contributed by atoms with Gasteiger partial charge in [0.2, 0.25) is 0 Å². The molecule has 0 aliphatic rings. The monoisotopic (exact) mass is 438 g/mol. The van der Waals surface area contributed by atoms with Crippen LogP contribution in [0.3, 0.4) is 0 Å². The highest BCUT2D eigenvalue weighted by Gasteiger charge is 2.19. The van der Waals surface area contributed by atoms with Crippen molar-refractivity contribution in [3.63, 3.8) is 0 Å². The van der Waals surface area contributed by atoms with Crippen LogP contribution in [0.4, 0.5) is 11.7 Å². The second kappa shape index (κ2) is 8.63. The van der Waals surface area contributed by atoms with Crippen molar-refractivity contribution in [1.82, 2.24) is 14.8 Å². The molecular weight excluding hydrogens is 416 g/mol. The lowest BCUT2D eigenvalue weighted by molar-refractivity contribution is 0.101. The highest BCUT2D eigenvalue weighted by atomic mass is 16.5. The van der Waals surface area contributed by atoms with Gasteiger partial charge in [-0.05, 0) is 56.3 Å². The van der Waals surface area contributed by atoms with Crippen LogP contribution in [0, 0.1) is 6.92 Å². The number of ether oxygens (including phenoxy) is 1. The van der Waals surface area contributed by atoms with E-state index >= 15 is 0 Å². The van der Waals surface area contributed by atoms with E-state index in [2.05, 4.69) is 20.1 Å². The van der Waals surface area contributed by atoms with Crippen LogP contribution in [0.5, 0.6) is 5.75 Å². The number of benzene rings is 3. The van der Waals surface area contributed by atoms with Crippen LogP contribution in [0.1, 0.15) is 28.9 Å². The van der Waals surface area contributed by atoms with Gasteiger partial charge < -0.3 is 19.0 Å². The molecule has 0 fully saturated rings. The maximum atomic E-state index is 12.5. The van der Waals surface area contributed by atoms with E-state index in [4.69, 9.17) is 9.15 Å². The number of rotatable bonds is 7. The summed E-state index contributed by atoms with van der Waals surface area (Å²) in [7, 11) is 0. The van der Waals surface area contributed by atoms with E-state index in [1.54, 1.807) is 6.92 Å². The lowest BCUT2D eigenvalue weighted by atomic mass is 10.1. The third kappa shape index (κ3) is 4.08. The molecule has 0 aliphatic heterocycles. The van der Waals surface area contributed by atoms with Crippen LogP contribution in [0.2, 0.25) is 0 Å². The molecule has 0 unspecified atom stereocenters. The molecule has 2 heterocycles. The maximum absolute atomic E-state index is 12.5. The van der Waals surface area contributed by atoms with Crippen molar-refractivity contribution < 1.29 is 13.9 Å². The van der Waals surface area contributed by atoms with Crippen LogP contribution in [-0.4, -0.2) is 20.5 Å². The van der Waals surface area contributed by atoms with Gasteiger partial charge >= 0.3 is 6.01 Å². The first-order chi connectivity index (χ1) is 16.1. The van der Waals surface area contributed by atoms with Crippen molar-refractivity contribution in [2.24, 2.45) is 0 Å². The summed E-state index contributed by atoms with van der Waals surface area (Å²) in [5.41, 5.74) is 4.39. The van der Waals surface area contributed by atoms with Gasteiger partial charge in [0.25, 0.3) is 5.89 Å². The molecule has 5 rings (SSSR count). The first kappa shape index (κ1) is 20.5. The Kier molecular flexibility index (Phi) is 5.36. The zero-order chi connectivity index (χ0) is 22.8. The number of para-hydroxylation sites is 2. The maximum Gasteiger partial charge on any atom is 0.320 e. The van der Waals surface area contributed by atoms with Crippen molar-refractivity contribution in [3.8, 4) is 11.4 Å². The molecule has 3 aromatic carbocycles. The predicted octanol–water partition coefficient (Wildman–Crippen LogP) is 5.85. The van der Waals surface area contributed by atoms with Crippen molar-refractivity contribution in [2.45, 2.75) is 20.5 Å². The minimum absolute atomic E-state index is 0.0119. The van der Waals surface area contributed by atoms with E-state index in [0.29, 0.717) is 23.2 Å². The Morgan fingerprint density at radius 3 is 2.45 bits per heavy atom. The smallest absolute Gasteiger partial charge is 0.320 e. The quantitative estimate of drug-likeness (QED) is 0.321. The fourth-order valence-electron chi connectivity index (χ4n) is 3.99. The van der Waals surface area contributed by atoms with E-state index in [0.717, 1.165) is 28.0 Å². The van der Waals surface area contributed by atoms with E-state index in [1.165, 1.54) is 0 Å². The molecule has 5 aromatic rings. The van der Waals surface area contributed by atoms with Crippen LogP contribution in [0.15, 0.2) is 83.3 Å². The summed E-state index contributed by atoms with van der Waals surface area (Å²) < 4.78 is 13.6. The molecule has 0 saturated heterocycles. The predicted molar refractivity (Wildman–Crippen MR) is 126 cm³/mol. The Balaban J connectivity index is 1.40. The van der Waals surface area contributed by atoms with Crippen LogP contribution in [-0.2, 0) is 6.61 Å². The summed E-state index contributed by atoms with van der Waals surface area (Å²) in [6, 6.07) is 25.6. The van der Waals surface area contributed by atoms with E-state index in [1.807, 2.05) is 85.8 Å². The molecular formula is C26H22N4O3. The number of carbonyl (C=O) groups excluding carboxylic acids is 1. The van der Waals surface area contributed by atoms with Gasteiger partial charge in [0.15, 0.2) is 12.4 Å². The molecule has 1 N–H and O–H groups in total. The van der Waals surface area contributed by atoms with Gasteiger partial charge in [-0.1, -0.05) is 41.5 Å². The summed E-state index contributed by atoms with van der Waals surface area (Å²) in [5.74, 6) is 0.974. The fourth-order valence-corrected chi connectivity index (χ4v) is 3.99. The second-order valence-corrected chi connectivity index (χ2v) is 7.65. The molecule has 7 heteroatoms. The van der Waals surface area contributed by atoms with E-state index in [9.17, 15) is 4.79 Å². The molecule has 2 aromatic heterocycles. The highest BCUT2D eigenvalue weighted by Crippen LogP contribution is 2.32. The fraction of sp³-hybridized carbons (Fsp3) is 0.115. The third-order valence-electron chi connectivity index (χ3n) is 5.40. The van der Waals surface area contributed by atoms with Gasteiger partial charge in [-0.25, -0.2) is 0 Å². The molecule has 0 atom stereocenters. The minimum Gasteiger partial charge on any atom is -0.484 e. The number of anilines is 2. The Morgan fingerprint density at radius 2 is 1.73 bits per heavy atom.